The Labute approximate surface area is 158 Å². The van der Waals surface area contributed by atoms with Crippen LogP contribution in [0.4, 0.5) is 0 Å². The van der Waals surface area contributed by atoms with E-state index in [1.165, 1.54) is 5.56 Å². The second-order valence-electron chi connectivity index (χ2n) is 6.57. The number of esters is 1. The first kappa shape index (κ1) is 18.5. The molecule has 0 aromatic heterocycles. The summed E-state index contributed by atoms with van der Waals surface area (Å²) in [5.41, 5.74) is 1.62. The van der Waals surface area contributed by atoms with Gasteiger partial charge in [-0.05, 0) is 42.9 Å². The minimum atomic E-state index is -0.567. The zero-order valence-electron chi connectivity index (χ0n) is 14.6. The Morgan fingerprint density at radius 3 is 2.35 bits per heavy atom. The number of benzene rings is 2. The molecular weight excluding hydrogens is 350 g/mol. The minimum absolute atomic E-state index is 0.149. The molecule has 0 bridgehead atoms. The van der Waals surface area contributed by atoms with Crippen molar-refractivity contribution in [1.82, 2.24) is 4.90 Å². The van der Waals surface area contributed by atoms with Gasteiger partial charge in [0.25, 0.3) is 5.91 Å². The van der Waals surface area contributed by atoms with Crippen LogP contribution in [0.2, 0.25) is 5.02 Å². The van der Waals surface area contributed by atoms with E-state index in [1.54, 1.807) is 29.2 Å². The van der Waals surface area contributed by atoms with Gasteiger partial charge in [-0.15, -0.1) is 0 Å². The quantitative estimate of drug-likeness (QED) is 0.747. The normalized spacial score (nSPS) is 14.9. The van der Waals surface area contributed by atoms with E-state index >= 15 is 0 Å². The van der Waals surface area contributed by atoms with Crippen molar-refractivity contribution < 1.29 is 14.3 Å². The highest BCUT2D eigenvalue weighted by molar-refractivity contribution is 6.33. The molecule has 1 fully saturated rings. The highest BCUT2D eigenvalue weighted by Gasteiger charge is 2.24. The van der Waals surface area contributed by atoms with Crippen LogP contribution in [0.3, 0.4) is 0 Å². The summed E-state index contributed by atoms with van der Waals surface area (Å²) in [7, 11) is 0. The van der Waals surface area contributed by atoms with Gasteiger partial charge in [-0.3, -0.25) is 4.79 Å². The fourth-order valence-electron chi connectivity index (χ4n) is 3.26. The van der Waals surface area contributed by atoms with Crippen LogP contribution in [0.25, 0.3) is 0 Å². The maximum Gasteiger partial charge on any atom is 0.340 e. The van der Waals surface area contributed by atoms with E-state index in [0.29, 0.717) is 24.0 Å². The van der Waals surface area contributed by atoms with E-state index in [1.807, 2.05) is 6.07 Å². The van der Waals surface area contributed by atoms with Crippen LogP contribution in [0.5, 0.6) is 0 Å². The summed E-state index contributed by atoms with van der Waals surface area (Å²) in [4.78, 5) is 26.1. The summed E-state index contributed by atoms with van der Waals surface area (Å²) in [5, 5.41) is 0.326. The van der Waals surface area contributed by atoms with Crippen LogP contribution >= 0.6 is 11.6 Å². The van der Waals surface area contributed by atoms with Crippen molar-refractivity contribution in [2.24, 2.45) is 5.92 Å². The number of carbonyl (C=O) groups is 2. The zero-order valence-corrected chi connectivity index (χ0v) is 15.3. The monoisotopic (exact) mass is 371 g/mol. The number of carbonyl (C=O) groups excluding carboxylic acids is 2. The van der Waals surface area contributed by atoms with E-state index in [0.717, 1.165) is 19.3 Å². The number of piperidine rings is 1. The molecule has 26 heavy (non-hydrogen) atoms. The van der Waals surface area contributed by atoms with Crippen molar-refractivity contribution in [2.45, 2.75) is 19.3 Å². The van der Waals surface area contributed by atoms with Gasteiger partial charge < -0.3 is 9.64 Å². The number of hydrogen-bond donors (Lipinski definition) is 0. The van der Waals surface area contributed by atoms with E-state index in [9.17, 15) is 9.59 Å². The molecule has 2 aromatic carbocycles. The lowest BCUT2D eigenvalue weighted by Crippen LogP contribution is -2.41. The predicted molar refractivity (Wildman–Crippen MR) is 101 cm³/mol. The van der Waals surface area contributed by atoms with Gasteiger partial charge in [-0.25, -0.2) is 4.79 Å². The molecule has 4 nitrogen and oxygen atoms in total. The zero-order chi connectivity index (χ0) is 18.4. The molecule has 1 amide bonds. The fraction of sp³-hybridized carbons (Fsp3) is 0.333. The molecule has 3 rings (SSSR count). The van der Waals surface area contributed by atoms with Crippen LogP contribution in [-0.2, 0) is 16.0 Å². The molecule has 0 N–H and O–H groups in total. The van der Waals surface area contributed by atoms with Crippen LogP contribution < -0.4 is 0 Å². The van der Waals surface area contributed by atoms with E-state index < -0.39 is 5.97 Å². The van der Waals surface area contributed by atoms with E-state index in [2.05, 4.69) is 24.3 Å². The molecule has 0 atom stereocenters. The molecule has 1 aliphatic rings. The van der Waals surface area contributed by atoms with E-state index in [4.69, 9.17) is 16.3 Å². The molecule has 5 heteroatoms. The second kappa shape index (κ2) is 8.86. The van der Waals surface area contributed by atoms with Crippen molar-refractivity contribution in [1.29, 1.82) is 0 Å². The Hall–Kier alpha value is -2.33. The molecule has 1 heterocycles. The standard InChI is InChI=1S/C21H22ClNO3/c22-19-9-5-4-8-18(19)21(25)26-15-20(24)23-12-10-17(11-13-23)14-16-6-2-1-3-7-16/h1-9,17H,10-15H2. The van der Waals surface area contributed by atoms with Crippen molar-refractivity contribution in [3.05, 3.63) is 70.7 Å². The highest BCUT2D eigenvalue weighted by Crippen LogP contribution is 2.22. The smallest absolute Gasteiger partial charge is 0.340 e. The third-order valence-electron chi connectivity index (χ3n) is 4.75. The number of amides is 1. The summed E-state index contributed by atoms with van der Waals surface area (Å²) < 4.78 is 5.13. The SMILES string of the molecule is O=C(OCC(=O)N1CCC(Cc2ccccc2)CC1)c1ccccc1Cl. The summed E-state index contributed by atoms with van der Waals surface area (Å²) in [5.74, 6) is -0.126. The molecule has 0 aliphatic carbocycles. The number of nitrogens with zero attached hydrogens (tertiary/aromatic N) is 1. The van der Waals surface area contributed by atoms with Crippen LogP contribution in [0.15, 0.2) is 54.6 Å². The number of ether oxygens (including phenoxy) is 1. The molecule has 0 radical (unpaired) electrons. The summed E-state index contributed by atoms with van der Waals surface area (Å²) in [6.07, 6.45) is 2.99. The summed E-state index contributed by atoms with van der Waals surface area (Å²) >= 11 is 5.97. The Balaban J connectivity index is 1.44. The lowest BCUT2D eigenvalue weighted by Gasteiger charge is -2.32. The minimum Gasteiger partial charge on any atom is -0.452 e. The molecule has 2 aromatic rings. The van der Waals surface area contributed by atoms with Gasteiger partial charge in [-0.2, -0.15) is 0 Å². The molecular formula is C21H22ClNO3. The summed E-state index contributed by atoms with van der Waals surface area (Å²) in [6, 6.07) is 17.1. The Kier molecular flexibility index (Phi) is 6.29. The highest BCUT2D eigenvalue weighted by atomic mass is 35.5. The average molecular weight is 372 g/mol. The molecule has 136 valence electrons. The maximum atomic E-state index is 12.3. The van der Waals surface area contributed by atoms with Crippen molar-refractivity contribution >= 4 is 23.5 Å². The van der Waals surface area contributed by atoms with Gasteiger partial charge in [-0.1, -0.05) is 54.1 Å². The van der Waals surface area contributed by atoms with Gasteiger partial charge >= 0.3 is 5.97 Å². The first-order valence-electron chi connectivity index (χ1n) is 8.87. The summed E-state index contributed by atoms with van der Waals surface area (Å²) in [6.45, 7) is 1.17. The Morgan fingerprint density at radius 2 is 1.65 bits per heavy atom. The predicted octanol–water partition coefficient (Wildman–Crippen LogP) is 3.98. The lowest BCUT2D eigenvalue weighted by molar-refractivity contribution is -0.135. The maximum absolute atomic E-state index is 12.3. The molecule has 1 saturated heterocycles. The molecule has 0 spiro atoms. The van der Waals surface area contributed by atoms with Crippen LogP contribution in [-0.4, -0.2) is 36.5 Å². The Morgan fingerprint density at radius 1 is 1.00 bits per heavy atom. The van der Waals surface area contributed by atoms with Crippen molar-refractivity contribution in [3.63, 3.8) is 0 Å². The Bertz CT molecular complexity index is 755. The molecule has 0 saturated carbocycles. The van der Waals surface area contributed by atoms with Gasteiger partial charge in [0, 0.05) is 13.1 Å². The number of hydrogen-bond acceptors (Lipinski definition) is 3. The van der Waals surface area contributed by atoms with Crippen molar-refractivity contribution in [2.75, 3.05) is 19.7 Å². The molecule has 1 aliphatic heterocycles. The van der Waals surface area contributed by atoms with Gasteiger partial charge in [0.1, 0.15) is 0 Å². The van der Waals surface area contributed by atoms with Gasteiger partial charge in [0.05, 0.1) is 10.6 Å². The number of halogens is 1. The fourth-order valence-corrected chi connectivity index (χ4v) is 3.47. The third-order valence-corrected chi connectivity index (χ3v) is 5.08. The average Bonchev–Trinajstić information content (AvgIpc) is 2.67. The topological polar surface area (TPSA) is 46.6 Å². The lowest BCUT2D eigenvalue weighted by atomic mass is 9.90. The van der Waals surface area contributed by atoms with Crippen LogP contribution in [0, 0.1) is 5.92 Å². The largest absolute Gasteiger partial charge is 0.452 e. The number of rotatable bonds is 5. The first-order valence-corrected chi connectivity index (χ1v) is 9.24. The van der Waals surface area contributed by atoms with Crippen molar-refractivity contribution in [3.8, 4) is 0 Å². The van der Waals surface area contributed by atoms with E-state index in [-0.39, 0.29) is 18.1 Å². The first-order chi connectivity index (χ1) is 12.6. The van der Waals surface area contributed by atoms with Crippen LogP contribution in [0.1, 0.15) is 28.8 Å². The molecule has 0 unspecified atom stereocenters. The third kappa shape index (κ3) is 4.85. The second-order valence-corrected chi connectivity index (χ2v) is 6.98. The van der Waals surface area contributed by atoms with Gasteiger partial charge in [0.2, 0.25) is 0 Å². The number of likely N-dealkylation sites (tertiary alicyclic amines) is 1. The van der Waals surface area contributed by atoms with Gasteiger partial charge in [0.15, 0.2) is 6.61 Å².